The highest BCUT2D eigenvalue weighted by atomic mass is 32.1. The van der Waals surface area contributed by atoms with E-state index >= 15 is 0 Å². The number of hydrogen-bond donors (Lipinski definition) is 1. The average Bonchev–Trinajstić information content (AvgIpc) is 3.10. The van der Waals surface area contributed by atoms with Gasteiger partial charge in [0, 0.05) is 11.5 Å². The molecule has 0 radical (unpaired) electrons. The van der Waals surface area contributed by atoms with Crippen LogP contribution in [0.2, 0.25) is 0 Å². The lowest BCUT2D eigenvalue weighted by Gasteiger charge is -2.13. The van der Waals surface area contributed by atoms with E-state index in [2.05, 4.69) is 4.98 Å². The van der Waals surface area contributed by atoms with E-state index in [0.29, 0.717) is 31.8 Å². The number of ether oxygens (including phenoxy) is 2. The summed E-state index contributed by atoms with van der Waals surface area (Å²) in [6, 6.07) is 9.90. The van der Waals surface area contributed by atoms with Gasteiger partial charge in [-0.1, -0.05) is 39.0 Å². The van der Waals surface area contributed by atoms with Crippen molar-refractivity contribution in [2.24, 2.45) is 5.41 Å². The second-order valence-corrected chi connectivity index (χ2v) is 9.67. The average molecular weight is 492 g/mol. The van der Waals surface area contributed by atoms with Gasteiger partial charge in [0.1, 0.15) is 6.61 Å². The molecule has 180 valence electrons. The number of rotatable bonds is 6. The minimum absolute atomic E-state index is 0.0745. The van der Waals surface area contributed by atoms with Gasteiger partial charge in [-0.3, -0.25) is 9.59 Å². The van der Waals surface area contributed by atoms with E-state index in [1.807, 2.05) is 0 Å². The monoisotopic (exact) mass is 491 g/mol. The normalized spacial score (nSPS) is 13.3. The summed E-state index contributed by atoms with van der Waals surface area (Å²) in [5.74, 6) is 0.617. The number of aromatic amines is 1. The minimum atomic E-state index is -4.43. The maximum Gasteiger partial charge on any atom is 0.416 e. The third kappa shape index (κ3) is 6.38. The molecule has 0 amide bonds. The number of carbonyl (C=O) groups is 1. The van der Waals surface area contributed by atoms with Gasteiger partial charge >= 0.3 is 6.18 Å². The summed E-state index contributed by atoms with van der Waals surface area (Å²) in [6.45, 7) is 5.32. The molecule has 5 nitrogen and oxygen atoms in total. The highest BCUT2D eigenvalue weighted by molar-refractivity contribution is 7.07. The molecule has 1 aromatic heterocycles. The van der Waals surface area contributed by atoms with Gasteiger partial charge in [0.25, 0.3) is 5.56 Å². The number of Topliss-reactive ketones (excluding diaryl/α,β-unsaturated/α-hetero) is 1. The Kier molecular flexibility index (Phi) is 7.35. The van der Waals surface area contributed by atoms with E-state index < -0.39 is 17.2 Å². The van der Waals surface area contributed by atoms with Crippen molar-refractivity contribution >= 4 is 29.3 Å². The summed E-state index contributed by atoms with van der Waals surface area (Å²) in [6.07, 6.45) is -1.35. The zero-order valence-electron chi connectivity index (χ0n) is 19.1. The number of aromatic nitrogens is 1. The molecule has 0 fully saturated rings. The lowest BCUT2D eigenvalue weighted by atomic mass is 9.91. The molecule has 0 aliphatic heterocycles. The quantitative estimate of drug-likeness (QED) is 0.559. The van der Waals surface area contributed by atoms with Crippen LogP contribution in [0.1, 0.15) is 37.5 Å². The number of alkyl halides is 3. The van der Waals surface area contributed by atoms with Crippen molar-refractivity contribution in [3.63, 3.8) is 0 Å². The Balaban J connectivity index is 1.84. The first kappa shape index (κ1) is 25.3. The van der Waals surface area contributed by atoms with Crippen molar-refractivity contribution in [3.05, 3.63) is 78.7 Å². The number of ketones is 1. The first-order valence-corrected chi connectivity index (χ1v) is 11.1. The molecule has 0 unspecified atom stereocenters. The first-order valence-electron chi connectivity index (χ1n) is 10.3. The summed E-state index contributed by atoms with van der Waals surface area (Å²) < 4.78 is 50.6. The summed E-state index contributed by atoms with van der Waals surface area (Å²) in [7, 11) is 1.44. The fraction of sp³-hybridized carbons (Fsp3) is 0.280. The molecular weight excluding hydrogens is 467 g/mol. The Morgan fingerprint density at radius 3 is 2.47 bits per heavy atom. The lowest BCUT2D eigenvalue weighted by Crippen LogP contribution is -2.22. The van der Waals surface area contributed by atoms with Crippen molar-refractivity contribution in [1.29, 1.82) is 0 Å². The molecule has 0 saturated carbocycles. The van der Waals surface area contributed by atoms with Gasteiger partial charge in [0.05, 0.1) is 21.9 Å². The first-order chi connectivity index (χ1) is 15.9. The van der Waals surface area contributed by atoms with Crippen LogP contribution in [0.5, 0.6) is 11.5 Å². The maximum absolute atomic E-state index is 12.9. The van der Waals surface area contributed by atoms with Crippen LogP contribution in [-0.4, -0.2) is 17.9 Å². The zero-order valence-corrected chi connectivity index (χ0v) is 19.9. The molecule has 0 atom stereocenters. The lowest BCUT2D eigenvalue weighted by molar-refractivity contribution is -0.137. The van der Waals surface area contributed by atoms with Crippen molar-refractivity contribution in [3.8, 4) is 11.5 Å². The fourth-order valence-electron chi connectivity index (χ4n) is 2.90. The minimum Gasteiger partial charge on any atom is -0.493 e. The van der Waals surface area contributed by atoms with E-state index in [1.165, 1.54) is 19.3 Å². The number of H-pyrrole nitrogens is 1. The molecule has 3 rings (SSSR count). The number of hydrogen-bond acceptors (Lipinski definition) is 5. The predicted octanol–water partition coefficient (Wildman–Crippen LogP) is 4.27. The molecule has 3 aromatic rings. The Morgan fingerprint density at radius 1 is 1.09 bits per heavy atom. The van der Waals surface area contributed by atoms with Crippen LogP contribution in [0.15, 0.2) is 47.3 Å². The van der Waals surface area contributed by atoms with E-state index in [0.717, 1.165) is 23.5 Å². The molecule has 0 aliphatic carbocycles. The molecule has 0 spiro atoms. The molecule has 34 heavy (non-hydrogen) atoms. The summed E-state index contributed by atoms with van der Waals surface area (Å²) >= 11 is 1.16. The van der Waals surface area contributed by atoms with Gasteiger partial charge in [0.2, 0.25) is 0 Å². The number of carbonyl (C=O) groups excluding carboxylic acids is 1. The second-order valence-electron chi connectivity index (χ2n) is 8.58. The van der Waals surface area contributed by atoms with Crippen LogP contribution >= 0.6 is 11.3 Å². The van der Waals surface area contributed by atoms with Crippen molar-refractivity contribution in [2.75, 3.05) is 7.11 Å². The van der Waals surface area contributed by atoms with Crippen LogP contribution in [0.3, 0.4) is 0 Å². The van der Waals surface area contributed by atoms with Crippen LogP contribution < -0.4 is 24.2 Å². The van der Waals surface area contributed by atoms with Gasteiger partial charge in [0.15, 0.2) is 17.3 Å². The standard InChI is InChI=1S/C25H24F3NO4S/c1-24(2,3)21(30)13-22-29-23(31)20(34-22)12-15-8-9-18(19(11-15)32-4)33-14-16-6-5-7-17(10-16)25(26,27)28/h5-13H,14H2,1-4H3,(H,29,31)/b20-12-,22-13-. The van der Waals surface area contributed by atoms with E-state index in [-0.39, 0.29) is 17.9 Å². The number of benzene rings is 2. The Labute approximate surface area is 198 Å². The van der Waals surface area contributed by atoms with Crippen molar-refractivity contribution < 1.29 is 27.4 Å². The molecular formula is C25H24F3NO4S. The molecule has 1 heterocycles. The second kappa shape index (κ2) is 9.89. The highest BCUT2D eigenvalue weighted by Crippen LogP contribution is 2.31. The van der Waals surface area contributed by atoms with Crippen LogP contribution in [0, 0.1) is 5.41 Å². The van der Waals surface area contributed by atoms with E-state index in [9.17, 15) is 22.8 Å². The summed E-state index contributed by atoms with van der Waals surface area (Å²) in [5.41, 5.74) is -0.591. The molecule has 2 aromatic carbocycles. The smallest absolute Gasteiger partial charge is 0.416 e. The van der Waals surface area contributed by atoms with Gasteiger partial charge in [-0.05, 0) is 41.5 Å². The summed E-state index contributed by atoms with van der Waals surface area (Å²) in [4.78, 5) is 27.2. The van der Waals surface area contributed by atoms with E-state index in [1.54, 1.807) is 51.1 Å². The van der Waals surface area contributed by atoms with Crippen LogP contribution in [0.25, 0.3) is 12.2 Å². The molecule has 0 bridgehead atoms. The SMILES string of the molecule is COc1cc(/C=c2\s/c(=C\C(=O)C(C)(C)C)[nH]c2=O)ccc1OCc1cccc(C(F)(F)F)c1. The van der Waals surface area contributed by atoms with Crippen LogP contribution in [0.4, 0.5) is 13.2 Å². The topological polar surface area (TPSA) is 68.4 Å². The zero-order chi connectivity index (χ0) is 25.1. The largest absolute Gasteiger partial charge is 0.493 e. The fourth-order valence-corrected chi connectivity index (χ4v) is 3.79. The number of methoxy groups -OCH3 is 1. The van der Waals surface area contributed by atoms with Crippen LogP contribution in [-0.2, 0) is 17.6 Å². The van der Waals surface area contributed by atoms with Gasteiger partial charge in [-0.15, -0.1) is 11.3 Å². The van der Waals surface area contributed by atoms with Gasteiger partial charge in [-0.2, -0.15) is 13.2 Å². The van der Waals surface area contributed by atoms with Gasteiger partial charge in [-0.25, -0.2) is 0 Å². The Morgan fingerprint density at radius 2 is 1.82 bits per heavy atom. The maximum atomic E-state index is 12.9. The summed E-state index contributed by atoms with van der Waals surface area (Å²) in [5, 5.41) is 0. The molecule has 9 heteroatoms. The third-order valence-electron chi connectivity index (χ3n) is 4.82. The highest BCUT2D eigenvalue weighted by Gasteiger charge is 2.30. The van der Waals surface area contributed by atoms with Gasteiger partial charge < -0.3 is 14.5 Å². The predicted molar refractivity (Wildman–Crippen MR) is 125 cm³/mol. The Hall–Kier alpha value is -3.33. The van der Waals surface area contributed by atoms with Crippen molar-refractivity contribution in [1.82, 2.24) is 4.98 Å². The number of nitrogens with one attached hydrogen (secondary N) is 1. The van der Waals surface area contributed by atoms with Crippen molar-refractivity contribution in [2.45, 2.75) is 33.6 Å². The number of thiazole rings is 1. The molecule has 0 saturated heterocycles. The molecule has 0 aliphatic rings. The Bertz CT molecular complexity index is 1360. The van der Waals surface area contributed by atoms with E-state index in [4.69, 9.17) is 9.47 Å². The molecule has 1 N–H and O–H groups in total. The number of halogens is 3. The third-order valence-corrected chi connectivity index (χ3v) is 5.78.